The molecule has 3 N–H and O–H groups in total. The Morgan fingerprint density at radius 2 is 2.03 bits per heavy atom. The monoisotopic (exact) mass is 509 g/mol. The molecule has 0 unspecified atom stereocenters. The molecule has 1 aliphatic rings. The van der Waals surface area contributed by atoms with Gasteiger partial charge in [-0.05, 0) is 24.5 Å². The molecule has 34 heavy (non-hydrogen) atoms. The van der Waals surface area contributed by atoms with Crippen molar-refractivity contribution < 1.29 is 22.7 Å². The lowest BCUT2D eigenvalue weighted by atomic mass is 9.86. The highest BCUT2D eigenvalue weighted by atomic mass is 35.5. The van der Waals surface area contributed by atoms with Crippen LogP contribution in [0, 0.1) is 11.7 Å². The number of piperidine rings is 1. The minimum Gasteiger partial charge on any atom is -0.480 e. The number of imidazole rings is 1. The molecule has 0 amide bonds. The van der Waals surface area contributed by atoms with E-state index in [9.17, 15) is 17.6 Å². The number of nitrogens with one attached hydrogen (secondary N) is 2. The number of rotatable bonds is 7. The molecule has 11 nitrogen and oxygen atoms in total. The summed E-state index contributed by atoms with van der Waals surface area (Å²) in [6.45, 7) is 2.03. The second-order valence-electron chi connectivity index (χ2n) is 7.88. The Labute approximate surface area is 199 Å². The first-order valence-electron chi connectivity index (χ1n) is 10.3. The average Bonchev–Trinajstić information content (AvgIpc) is 3.19. The van der Waals surface area contributed by atoms with Gasteiger partial charge in [0.15, 0.2) is 11.0 Å². The highest BCUT2D eigenvalue weighted by Gasteiger charge is 2.36. The summed E-state index contributed by atoms with van der Waals surface area (Å²) in [6, 6.07) is 2.78. The highest BCUT2D eigenvalue weighted by molar-refractivity contribution is 7.89. The lowest BCUT2D eigenvalue weighted by Crippen LogP contribution is -2.42. The molecular formula is C20H21ClFN7O4S. The van der Waals surface area contributed by atoms with Gasteiger partial charge in [0, 0.05) is 19.0 Å². The van der Waals surface area contributed by atoms with Crippen LogP contribution < -0.4 is 5.32 Å². The third-order valence-corrected chi connectivity index (χ3v) is 7.66. The molecule has 4 rings (SSSR count). The van der Waals surface area contributed by atoms with Crippen LogP contribution in [-0.4, -0.2) is 68.4 Å². The zero-order valence-corrected chi connectivity index (χ0v) is 19.5. The number of halogens is 2. The predicted molar refractivity (Wildman–Crippen MR) is 120 cm³/mol. The quantitative estimate of drug-likeness (QED) is 0.435. The molecule has 1 fully saturated rings. The molecule has 180 valence electrons. The molecular weight excluding hydrogens is 489 g/mol. The van der Waals surface area contributed by atoms with Gasteiger partial charge in [-0.15, -0.1) is 0 Å². The van der Waals surface area contributed by atoms with Gasteiger partial charge in [-0.1, -0.05) is 18.5 Å². The Bertz CT molecular complexity index is 1290. The van der Waals surface area contributed by atoms with Crippen LogP contribution in [0.3, 0.4) is 0 Å². The molecule has 4 heterocycles. The van der Waals surface area contributed by atoms with Crippen molar-refractivity contribution >= 4 is 33.5 Å². The number of carboxylic acid groups (broad SMARTS) is 1. The number of aliphatic carboxylic acids is 1. The number of hydrogen-bond acceptors (Lipinski definition) is 8. The molecule has 0 spiro atoms. The van der Waals surface area contributed by atoms with Crippen molar-refractivity contribution in [3.8, 4) is 11.5 Å². The van der Waals surface area contributed by atoms with Crippen molar-refractivity contribution in [1.82, 2.24) is 29.2 Å². The Morgan fingerprint density at radius 1 is 1.29 bits per heavy atom. The number of H-pyrrole nitrogens is 1. The van der Waals surface area contributed by atoms with Crippen LogP contribution in [0.1, 0.15) is 25.0 Å². The molecule has 1 aliphatic heterocycles. The van der Waals surface area contributed by atoms with E-state index in [4.69, 9.17) is 16.7 Å². The number of sulfonamides is 1. The van der Waals surface area contributed by atoms with E-state index < -0.39 is 21.8 Å². The van der Waals surface area contributed by atoms with Crippen molar-refractivity contribution in [1.29, 1.82) is 0 Å². The van der Waals surface area contributed by atoms with Gasteiger partial charge >= 0.3 is 5.97 Å². The summed E-state index contributed by atoms with van der Waals surface area (Å²) >= 11 is 6.37. The van der Waals surface area contributed by atoms with Crippen molar-refractivity contribution in [3.05, 3.63) is 47.4 Å². The summed E-state index contributed by atoms with van der Waals surface area (Å²) in [5, 5.41) is 11.4. The van der Waals surface area contributed by atoms with E-state index in [0.29, 0.717) is 23.6 Å². The van der Waals surface area contributed by atoms with Crippen LogP contribution in [0.2, 0.25) is 5.15 Å². The van der Waals surface area contributed by atoms with Crippen LogP contribution >= 0.6 is 11.6 Å². The van der Waals surface area contributed by atoms with E-state index in [1.54, 1.807) is 0 Å². The molecule has 3 aromatic heterocycles. The Morgan fingerprint density at radius 3 is 2.65 bits per heavy atom. The normalized spacial score (nSPS) is 19.1. The first kappa shape index (κ1) is 24.0. The van der Waals surface area contributed by atoms with Crippen molar-refractivity contribution in [2.45, 2.75) is 24.2 Å². The molecule has 1 saturated heterocycles. The van der Waals surface area contributed by atoms with Crippen LogP contribution in [-0.2, 0) is 14.8 Å². The van der Waals surface area contributed by atoms with Gasteiger partial charge in [0.05, 0.1) is 24.3 Å². The number of carboxylic acids is 1. The standard InChI is InChI=1S/C20H21ClFN7O4S/c1-11-10-29(34(32,33)13-7-24-20(25-8-13)26-9-16(30)31)5-4-14(11)17-18(21)28-19(27-17)15-3-2-12(22)6-23-15/h2-3,6-8,11,14H,4-5,9-10H2,1H3,(H,27,28)(H,30,31)(H,24,25,26)/t11-,14+/m0/s1. The first-order valence-corrected chi connectivity index (χ1v) is 12.1. The predicted octanol–water partition coefficient (Wildman–Crippen LogP) is 2.37. The summed E-state index contributed by atoms with van der Waals surface area (Å²) < 4.78 is 40.7. The largest absolute Gasteiger partial charge is 0.480 e. The van der Waals surface area contributed by atoms with E-state index in [1.807, 2.05) is 6.92 Å². The van der Waals surface area contributed by atoms with Crippen molar-refractivity contribution in [2.24, 2.45) is 5.92 Å². The molecule has 2 atom stereocenters. The minimum atomic E-state index is -3.84. The molecule has 0 aliphatic carbocycles. The van der Waals surface area contributed by atoms with Crippen LogP contribution in [0.25, 0.3) is 11.5 Å². The lowest BCUT2D eigenvalue weighted by molar-refractivity contribution is -0.134. The molecule has 3 aromatic rings. The summed E-state index contributed by atoms with van der Waals surface area (Å²) in [5.74, 6) is -1.27. The maximum absolute atomic E-state index is 13.2. The molecule has 14 heteroatoms. The van der Waals surface area contributed by atoms with Crippen LogP contribution in [0.15, 0.2) is 35.6 Å². The van der Waals surface area contributed by atoms with Gasteiger partial charge in [-0.25, -0.2) is 32.7 Å². The SMILES string of the molecule is C[C@H]1CN(S(=O)(=O)c2cnc(NCC(=O)O)nc2)CC[C@H]1c1[nH]c(-c2ccc(F)cn2)nc1Cl. The first-order chi connectivity index (χ1) is 16.1. The minimum absolute atomic E-state index is 0.0220. The smallest absolute Gasteiger partial charge is 0.322 e. The van der Waals surface area contributed by atoms with E-state index in [2.05, 4.69) is 30.2 Å². The fraction of sp³-hybridized carbons (Fsp3) is 0.350. The lowest BCUT2D eigenvalue weighted by Gasteiger charge is -2.35. The van der Waals surface area contributed by atoms with Gasteiger partial charge in [0.25, 0.3) is 0 Å². The zero-order valence-electron chi connectivity index (χ0n) is 17.9. The number of carbonyl (C=O) groups is 1. The van der Waals surface area contributed by atoms with E-state index in [1.165, 1.54) is 16.4 Å². The van der Waals surface area contributed by atoms with Crippen LogP contribution in [0.5, 0.6) is 0 Å². The van der Waals surface area contributed by atoms with Crippen LogP contribution in [0.4, 0.5) is 10.3 Å². The number of hydrogen-bond donors (Lipinski definition) is 3. The summed E-state index contributed by atoms with van der Waals surface area (Å²) in [4.78, 5) is 29.8. The molecule has 0 aromatic carbocycles. The van der Waals surface area contributed by atoms with E-state index in [0.717, 1.165) is 18.6 Å². The van der Waals surface area contributed by atoms with Crippen molar-refractivity contribution in [3.63, 3.8) is 0 Å². The van der Waals surface area contributed by atoms with Crippen molar-refractivity contribution in [2.75, 3.05) is 25.0 Å². The maximum atomic E-state index is 13.2. The third-order valence-electron chi connectivity index (χ3n) is 5.56. The number of anilines is 1. The average molecular weight is 510 g/mol. The Hall–Kier alpha value is -3.16. The van der Waals surface area contributed by atoms with E-state index in [-0.39, 0.29) is 47.5 Å². The summed E-state index contributed by atoms with van der Waals surface area (Å²) in [7, 11) is -3.84. The third kappa shape index (κ3) is 5.00. The molecule has 0 radical (unpaired) electrons. The van der Waals surface area contributed by atoms with E-state index >= 15 is 0 Å². The number of nitrogens with zero attached hydrogens (tertiary/aromatic N) is 5. The van der Waals surface area contributed by atoms with Gasteiger partial charge in [0.2, 0.25) is 16.0 Å². The summed E-state index contributed by atoms with van der Waals surface area (Å²) in [6.07, 6.45) is 3.89. The number of pyridine rings is 1. The second kappa shape index (κ2) is 9.60. The summed E-state index contributed by atoms with van der Waals surface area (Å²) in [5.41, 5.74) is 1.13. The van der Waals surface area contributed by atoms with Gasteiger partial charge in [-0.3, -0.25) is 4.79 Å². The highest BCUT2D eigenvalue weighted by Crippen LogP contribution is 2.37. The number of aromatic nitrogens is 5. The van der Waals surface area contributed by atoms with Gasteiger partial charge in [0.1, 0.15) is 23.0 Å². The molecule has 0 bridgehead atoms. The fourth-order valence-corrected chi connectivity index (χ4v) is 5.57. The topological polar surface area (TPSA) is 154 Å². The van der Waals surface area contributed by atoms with Gasteiger partial charge in [-0.2, -0.15) is 4.31 Å². The Balaban J connectivity index is 1.47. The fourth-order valence-electron chi connectivity index (χ4n) is 3.85. The Kier molecular flexibility index (Phi) is 6.77. The second-order valence-corrected chi connectivity index (χ2v) is 10.2. The zero-order chi connectivity index (χ0) is 24.5. The molecule has 0 saturated carbocycles. The van der Waals surface area contributed by atoms with Gasteiger partial charge < -0.3 is 15.4 Å². The maximum Gasteiger partial charge on any atom is 0.322 e. The number of aromatic amines is 1.